The first-order valence-electron chi connectivity index (χ1n) is 9.08. The first-order valence-corrected chi connectivity index (χ1v) is 10.1. The van der Waals surface area contributed by atoms with Crippen molar-refractivity contribution in [1.29, 1.82) is 0 Å². The summed E-state index contributed by atoms with van der Waals surface area (Å²) >= 11 is 1.33. The van der Waals surface area contributed by atoms with Gasteiger partial charge in [-0.05, 0) is 45.4 Å². The average molecular weight is 413 g/mol. The minimum absolute atomic E-state index is 0.00663. The third-order valence-corrected chi connectivity index (χ3v) is 5.76. The van der Waals surface area contributed by atoms with Gasteiger partial charge < -0.3 is 15.2 Å². The third kappa shape index (κ3) is 4.41. The van der Waals surface area contributed by atoms with E-state index in [1.807, 2.05) is 0 Å². The molecule has 0 bridgehead atoms. The number of benzene rings is 1. The summed E-state index contributed by atoms with van der Waals surface area (Å²) in [7, 11) is 0. The van der Waals surface area contributed by atoms with Gasteiger partial charge in [0.15, 0.2) is 5.17 Å². The number of carbonyl (C=O) groups excluding carboxylic acids is 1. The van der Waals surface area contributed by atoms with Gasteiger partial charge in [0.25, 0.3) is 0 Å². The Hall–Kier alpha value is -1.87. The summed E-state index contributed by atoms with van der Waals surface area (Å²) in [6.45, 7) is 4.67. The van der Waals surface area contributed by atoms with E-state index in [-0.39, 0.29) is 12.5 Å². The van der Waals surface area contributed by atoms with Crippen LogP contribution in [-0.2, 0) is 15.0 Å². The highest BCUT2D eigenvalue weighted by atomic mass is 32.2. The van der Waals surface area contributed by atoms with Crippen molar-refractivity contribution in [3.05, 3.63) is 29.6 Å². The second-order valence-corrected chi connectivity index (χ2v) is 9.05. The van der Waals surface area contributed by atoms with E-state index in [9.17, 15) is 13.6 Å². The molecule has 2 heterocycles. The van der Waals surface area contributed by atoms with Crippen LogP contribution >= 0.6 is 11.8 Å². The van der Waals surface area contributed by atoms with E-state index >= 15 is 0 Å². The molecule has 3 atom stereocenters. The molecule has 0 spiro atoms. The Balaban J connectivity index is 1.97. The molecular formula is C19H25F2N3O3S. The largest absolute Gasteiger partial charge is 0.444 e. The number of thioether (sulfide) groups is 1. The number of aliphatic imine (C=N–C) groups is 1. The summed E-state index contributed by atoms with van der Waals surface area (Å²) in [5, 5.41) is 2.95. The van der Waals surface area contributed by atoms with Crippen LogP contribution in [0.3, 0.4) is 0 Å². The van der Waals surface area contributed by atoms with E-state index in [0.717, 1.165) is 0 Å². The van der Waals surface area contributed by atoms with E-state index in [4.69, 9.17) is 15.2 Å². The number of nitrogens with zero attached hydrogens (tertiary/aromatic N) is 1. The molecule has 1 amide bonds. The predicted octanol–water partition coefficient (Wildman–Crippen LogP) is 3.61. The van der Waals surface area contributed by atoms with Crippen molar-refractivity contribution >= 4 is 28.7 Å². The number of alkyl carbamates (subject to hydrolysis) is 1. The van der Waals surface area contributed by atoms with Gasteiger partial charge in [-0.1, -0.05) is 11.8 Å². The summed E-state index contributed by atoms with van der Waals surface area (Å²) in [4.78, 5) is 16.8. The molecule has 154 valence electrons. The third-order valence-electron chi connectivity index (χ3n) is 4.72. The molecule has 3 N–H and O–H groups in total. The average Bonchev–Trinajstić information content (AvgIpc) is 2.61. The molecule has 1 fully saturated rings. The molecule has 2 aliphatic heterocycles. The van der Waals surface area contributed by atoms with Gasteiger partial charge in [0.1, 0.15) is 23.6 Å². The van der Waals surface area contributed by atoms with Crippen molar-refractivity contribution in [2.24, 2.45) is 10.9 Å². The Morgan fingerprint density at radius 2 is 2.25 bits per heavy atom. The van der Waals surface area contributed by atoms with Crippen molar-refractivity contribution in [1.82, 2.24) is 5.32 Å². The van der Waals surface area contributed by atoms with Crippen LogP contribution < -0.4 is 11.1 Å². The van der Waals surface area contributed by atoms with Gasteiger partial charge in [-0.3, -0.25) is 5.32 Å². The zero-order chi connectivity index (χ0) is 20.5. The number of nitrogens with two attached hydrogens (primary N) is 1. The number of ether oxygens (including phenoxy) is 2. The standard InChI is InChI=1S/C19H25F2N3O3S/c1-18(2,3)27-17(25)23-16-24-19(14-7-12(22)4-5-15(14)21)10-26-13(8-20)6-11(19)9-28-16/h4-5,7,11,13H,6,8-10,22H2,1-3H3,(H,23,24,25)/t11-,13+,19-/m0/s1. The zero-order valence-corrected chi connectivity index (χ0v) is 16.9. The Morgan fingerprint density at radius 1 is 1.50 bits per heavy atom. The minimum Gasteiger partial charge on any atom is -0.444 e. The van der Waals surface area contributed by atoms with Crippen molar-refractivity contribution in [3.63, 3.8) is 0 Å². The molecule has 0 unspecified atom stereocenters. The van der Waals surface area contributed by atoms with Crippen LogP contribution in [0.5, 0.6) is 0 Å². The number of alkyl halides is 1. The lowest BCUT2D eigenvalue weighted by molar-refractivity contribution is -0.0653. The van der Waals surface area contributed by atoms with Crippen molar-refractivity contribution in [2.45, 2.75) is 44.4 Å². The van der Waals surface area contributed by atoms with Crippen molar-refractivity contribution < 1.29 is 23.0 Å². The summed E-state index contributed by atoms with van der Waals surface area (Å²) in [6.07, 6.45) is -0.779. The Kier molecular flexibility index (Phi) is 5.86. The molecule has 28 heavy (non-hydrogen) atoms. The number of hydrogen-bond donors (Lipinski definition) is 2. The van der Waals surface area contributed by atoms with Crippen molar-refractivity contribution in [3.8, 4) is 0 Å². The second kappa shape index (κ2) is 7.87. The van der Waals surface area contributed by atoms with Gasteiger partial charge in [0.2, 0.25) is 0 Å². The second-order valence-electron chi connectivity index (χ2n) is 8.04. The molecule has 0 aliphatic carbocycles. The normalized spacial score (nSPS) is 27.5. The van der Waals surface area contributed by atoms with Crippen LogP contribution in [0, 0.1) is 11.7 Å². The zero-order valence-electron chi connectivity index (χ0n) is 16.1. The summed E-state index contributed by atoms with van der Waals surface area (Å²) < 4.78 is 38.8. The van der Waals surface area contributed by atoms with Crippen LogP contribution in [0.15, 0.2) is 23.2 Å². The Bertz CT molecular complexity index is 784. The maximum atomic E-state index is 14.7. The SMILES string of the molecule is CC(C)(C)OC(=O)NC1=N[C@@]2(c3cc(N)ccc3F)CO[C@@H](CF)C[C@H]2CS1. The van der Waals surface area contributed by atoms with Gasteiger partial charge in [0, 0.05) is 22.9 Å². The maximum Gasteiger partial charge on any atom is 0.413 e. The topological polar surface area (TPSA) is 85.9 Å². The van der Waals surface area contributed by atoms with E-state index < -0.39 is 35.8 Å². The molecule has 2 aliphatic rings. The molecule has 1 saturated heterocycles. The number of amides is 1. The van der Waals surface area contributed by atoms with Crippen LogP contribution in [0.1, 0.15) is 32.8 Å². The van der Waals surface area contributed by atoms with Gasteiger partial charge in [0.05, 0.1) is 12.7 Å². The fourth-order valence-electron chi connectivity index (χ4n) is 3.46. The molecule has 0 saturated carbocycles. The predicted molar refractivity (Wildman–Crippen MR) is 106 cm³/mol. The first-order chi connectivity index (χ1) is 13.1. The Morgan fingerprint density at radius 3 is 2.93 bits per heavy atom. The van der Waals surface area contributed by atoms with Gasteiger partial charge in [-0.15, -0.1) is 0 Å². The lowest BCUT2D eigenvalue weighted by Gasteiger charge is -2.46. The molecule has 6 nitrogen and oxygen atoms in total. The van der Waals surface area contributed by atoms with E-state index in [2.05, 4.69) is 10.3 Å². The quantitative estimate of drug-likeness (QED) is 0.724. The highest BCUT2D eigenvalue weighted by Crippen LogP contribution is 2.47. The van der Waals surface area contributed by atoms with Crippen LogP contribution in [0.4, 0.5) is 19.3 Å². The number of nitrogen functional groups attached to an aromatic ring is 1. The van der Waals surface area contributed by atoms with Crippen LogP contribution in [0.2, 0.25) is 0 Å². The molecule has 1 aromatic carbocycles. The van der Waals surface area contributed by atoms with Gasteiger partial charge in [-0.2, -0.15) is 0 Å². The van der Waals surface area contributed by atoms with Crippen LogP contribution in [-0.4, -0.2) is 42.0 Å². The van der Waals surface area contributed by atoms with E-state index in [1.165, 1.54) is 30.0 Å². The summed E-state index contributed by atoms with van der Waals surface area (Å²) in [6, 6.07) is 4.29. The lowest BCUT2D eigenvalue weighted by atomic mass is 9.75. The fraction of sp³-hybridized carbons (Fsp3) is 0.579. The van der Waals surface area contributed by atoms with Gasteiger partial charge in [-0.25, -0.2) is 18.6 Å². The highest BCUT2D eigenvalue weighted by Gasteiger charge is 2.50. The lowest BCUT2D eigenvalue weighted by Crippen LogP contribution is -2.52. The van der Waals surface area contributed by atoms with Gasteiger partial charge >= 0.3 is 6.09 Å². The van der Waals surface area contributed by atoms with Crippen molar-refractivity contribution in [2.75, 3.05) is 24.8 Å². The monoisotopic (exact) mass is 413 g/mol. The molecular weight excluding hydrogens is 388 g/mol. The first kappa shape index (κ1) is 20.9. The van der Waals surface area contributed by atoms with Crippen LogP contribution in [0.25, 0.3) is 0 Å². The molecule has 0 radical (unpaired) electrons. The van der Waals surface area contributed by atoms with E-state index in [0.29, 0.717) is 28.6 Å². The smallest absolute Gasteiger partial charge is 0.413 e. The molecule has 9 heteroatoms. The number of rotatable bonds is 2. The number of halogens is 2. The highest BCUT2D eigenvalue weighted by molar-refractivity contribution is 8.13. The fourth-order valence-corrected chi connectivity index (χ4v) is 4.61. The number of nitrogens with one attached hydrogen (secondary N) is 1. The number of anilines is 1. The minimum atomic E-state index is -1.08. The molecule has 1 aromatic rings. The maximum absolute atomic E-state index is 14.7. The number of hydrogen-bond acceptors (Lipinski definition) is 6. The van der Waals surface area contributed by atoms with E-state index in [1.54, 1.807) is 20.8 Å². The number of carbonyl (C=O) groups is 1. The number of amidine groups is 1. The summed E-state index contributed by atoms with van der Waals surface area (Å²) in [5.74, 6) is -0.0934. The molecule has 0 aromatic heterocycles. The number of fused-ring (bicyclic) bond motifs is 1. The molecule has 3 rings (SSSR count). The summed E-state index contributed by atoms with van der Waals surface area (Å²) in [5.41, 5.74) is 4.82. The Labute approximate surface area is 167 Å².